The van der Waals surface area contributed by atoms with Gasteiger partial charge in [-0.1, -0.05) is 0 Å². The molecule has 34 valence electrons. The molecule has 0 rings (SSSR count). The third-order valence-electron chi connectivity index (χ3n) is 0. The molecule has 0 spiro atoms. The van der Waals surface area contributed by atoms with Crippen LogP contribution in [0.4, 0.5) is 0 Å². The Labute approximate surface area is 112 Å². The fourth-order valence-corrected chi connectivity index (χ4v) is 0. The quantitative estimate of drug-likeness (QED) is 0.302. The Hall–Kier alpha value is 2.99. The van der Waals surface area contributed by atoms with Crippen molar-refractivity contribution in [1.82, 2.24) is 0 Å². The molecule has 8 heteroatoms. The molecule has 8 heavy (non-hydrogen) atoms. The Morgan fingerprint density at radius 2 is 1.12 bits per heavy atom. The summed E-state index contributed by atoms with van der Waals surface area (Å²) in [5.74, 6) is 0. The summed E-state index contributed by atoms with van der Waals surface area (Å²) in [6, 6.07) is 0. The number of rotatable bonds is 0. The predicted molar refractivity (Wildman–Crippen MR) is 13.4 cm³/mol. The van der Waals surface area contributed by atoms with Crippen LogP contribution < -0.4 is 44.2 Å². The average molecular weight is 223 g/mol. The largest absolute Gasteiger partial charge is 2.00 e. The molecule has 0 saturated carbocycles. The van der Waals surface area contributed by atoms with Gasteiger partial charge in [0.1, 0.15) is 0 Å². The fourth-order valence-electron chi connectivity index (χ4n) is 0. The van der Waals surface area contributed by atoms with Crippen LogP contribution in [-0.4, -0.2) is 37.7 Å². The van der Waals surface area contributed by atoms with Gasteiger partial charge in [-0.05, 0) is 0 Å². The molecule has 0 aliphatic heterocycles. The summed E-state index contributed by atoms with van der Waals surface area (Å²) >= 11 is 0. The van der Waals surface area contributed by atoms with Gasteiger partial charge in [0.15, 0.2) is 0 Å². The Morgan fingerprint density at radius 3 is 1.12 bits per heavy atom. The van der Waals surface area contributed by atoms with Crippen LogP contribution in [0.15, 0.2) is 0 Å². The SMILES string of the molecule is O=P([O-])([O-])[O-].[Ca+2].[Na+].[Zn]. The monoisotopic (exact) mass is 222 g/mol. The van der Waals surface area contributed by atoms with E-state index in [1.807, 2.05) is 0 Å². The van der Waals surface area contributed by atoms with Gasteiger partial charge < -0.3 is 19.2 Å². The first-order valence-electron chi connectivity index (χ1n) is 0.730. The maximum Gasteiger partial charge on any atom is 2.00 e. The molecule has 0 aromatic carbocycles. The molecule has 0 saturated heterocycles. The Kier molecular flexibility index (Phi) is 28.0. The van der Waals surface area contributed by atoms with Crippen molar-refractivity contribution in [2.75, 3.05) is 0 Å². The van der Waals surface area contributed by atoms with Gasteiger partial charge in [-0.25, -0.2) is 0 Å². The summed E-state index contributed by atoms with van der Waals surface area (Å²) in [7, 11) is -5.39. The van der Waals surface area contributed by atoms with Gasteiger partial charge in [0, 0.05) is 19.5 Å². The summed E-state index contributed by atoms with van der Waals surface area (Å²) < 4.78 is 8.55. The van der Waals surface area contributed by atoms with Crippen molar-refractivity contribution >= 4 is 45.6 Å². The second-order valence-electron chi connectivity index (χ2n) is 0.447. The molecule has 0 aliphatic rings. The van der Waals surface area contributed by atoms with Gasteiger partial charge in [0.25, 0.3) is 0 Å². The minimum atomic E-state index is -5.39. The van der Waals surface area contributed by atoms with Gasteiger partial charge in [0.05, 0.1) is 0 Å². The Bertz CT molecular complexity index is 62.2. The maximum atomic E-state index is 8.55. The van der Waals surface area contributed by atoms with Gasteiger partial charge in [-0.15, -0.1) is 0 Å². The molecule has 0 N–H and O–H groups in total. The van der Waals surface area contributed by atoms with Crippen LogP contribution in [0.5, 0.6) is 0 Å². The van der Waals surface area contributed by atoms with E-state index in [9.17, 15) is 0 Å². The second-order valence-corrected chi connectivity index (χ2v) is 1.34. The zero-order valence-corrected chi connectivity index (χ0v) is 12.6. The number of hydrogen-bond donors (Lipinski definition) is 0. The second kappa shape index (κ2) is 9.99. The molecule has 4 nitrogen and oxygen atoms in total. The van der Waals surface area contributed by atoms with Crippen molar-refractivity contribution in [3.8, 4) is 0 Å². The van der Waals surface area contributed by atoms with Crippen LogP contribution in [0.2, 0.25) is 0 Å². The minimum absolute atomic E-state index is 0. The molecule has 0 radical (unpaired) electrons. The molecule has 0 bridgehead atoms. The van der Waals surface area contributed by atoms with Crippen molar-refractivity contribution in [3.05, 3.63) is 0 Å². The summed E-state index contributed by atoms with van der Waals surface area (Å²) in [4.78, 5) is 25.6. The van der Waals surface area contributed by atoms with E-state index < -0.39 is 7.82 Å². The zero-order chi connectivity index (χ0) is 4.50. The van der Waals surface area contributed by atoms with Gasteiger partial charge in [-0.3, -0.25) is 0 Å². The zero-order valence-electron chi connectivity index (χ0n) is 4.49. The molecule has 0 atom stereocenters. The van der Waals surface area contributed by atoms with Crippen LogP contribution in [-0.2, 0) is 24.0 Å². The molecule has 0 aromatic rings. The summed E-state index contributed by atoms with van der Waals surface area (Å²) in [5, 5.41) is 0. The number of hydrogen-bond acceptors (Lipinski definition) is 4. The van der Waals surface area contributed by atoms with E-state index >= 15 is 0 Å². The van der Waals surface area contributed by atoms with E-state index in [0.717, 1.165) is 0 Å². The summed E-state index contributed by atoms with van der Waals surface area (Å²) in [6.45, 7) is 0. The van der Waals surface area contributed by atoms with Crippen molar-refractivity contribution in [1.29, 1.82) is 0 Å². The van der Waals surface area contributed by atoms with Gasteiger partial charge >= 0.3 is 67.3 Å². The van der Waals surface area contributed by atoms with E-state index in [4.69, 9.17) is 19.2 Å². The average Bonchev–Trinajstić information content (AvgIpc) is 0.722. The smallest absolute Gasteiger partial charge is 0.822 e. The minimum Gasteiger partial charge on any atom is -0.822 e. The van der Waals surface area contributed by atoms with E-state index in [2.05, 4.69) is 0 Å². The van der Waals surface area contributed by atoms with Crippen molar-refractivity contribution in [2.24, 2.45) is 0 Å². The molecular weight excluding hydrogens is 223 g/mol. The van der Waals surface area contributed by atoms with Crippen molar-refractivity contribution < 1.29 is 68.3 Å². The van der Waals surface area contributed by atoms with Crippen LogP contribution in [0.3, 0.4) is 0 Å². The van der Waals surface area contributed by atoms with E-state index in [1.165, 1.54) is 0 Å². The molecule has 0 aliphatic carbocycles. The molecule has 0 amide bonds. The maximum absolute atomic E-state index is 8.55. The van der Waals surface area contributed by atoms with E-state index in [0.29, 0.717) is 0 Å². The van der Waals surface area contributed by atoms with Gasteiger partial charge in [-0.2, -0.15) is 7.82 Å². The first-order chi connectivity index (χ1) is 2.00. The topological polar surface area (TPSA) is 86.2 Å². The Balaban J connectivity index is -0.0000000267. The van der Waals surface area contributed by atoms with Crippen LogP contribution >= 0.6 is 7.82 Å². The van der Waals surface area contributed by atoms with Crippen molar-refractivity contribution in [2.45, 2.75) is 0 Å². The molecule has 0 aromatic heterocycles. The summed E-state index contributed by atoms with van der Waals surface area (Å²) in [5.41, 5.74) is 0. The number of phosphoric acid groups is 1. The van der Waals surface area contributed by atoms with E-state index in [1.54, 1.807) is 0 Å². The molecule has 0 heterocycles. The molecular formula is CaNaO4PZn. The molecule has 0 fully saturated rings. The third-order valence-corrected chi connectivity index (χ3v) is 0. The van der Waals surface area contributed by atoms with Gasteiger partial charge in [0.2, 0.25) is 0 Å². The van der Waals surface area contributed by atoms with Crippen LogP contribution in [0.25, 0.3) is 0 Å². The molecule has 0 unspecified atom stereocenters. The first kappa shape index (κ1) is 22.4. The summed E-state index contributed by atoms with van der Waals surface area (Å²) in [6.07, 6.45) is 0. The Morgan fingerprint density at radius 1 is 1.12 bits per heavy atom. The third kappa shape index (κ3) is 64.1. The van der Waals surface area contributed by atoms with Crippen LogP contribution in [0, 0.1) is 0 Å². The van der Waals surface area contributed by atoms with Crippen molar-refractivity contribution in [3.63, 3.8) is 0 Å². The fraction of sp³-hybridized carbons (Fsp3) is 0. The van der Waals surface area contributed by atoms with E-state index in [-0.39, 0.29) is 86.8 Å². The normalized spacial score (nSPS) is 7.38. The first-order valence-corrected chi connectivity index (χ1v) is 2.19. The standard InChI is InChI=1S/Ca.Na.H3O4P.Zn/c;;1-5(2,3)4;/h;;(H3,1,2,3,4);/q+2;+1;;/p-3. The van der Waals surface area contributed by atoms with Crippen LogP contribution in [0.1, 0.15) is 0 Å². The predicted octanol–water partition coefficient (Wildman–Crippen LogP) is -6.20.